The highest BCUT2D eigenvalue weighted by Gasteiger charge is 2.34. The van der Waals surface area contributed by atoms with Crippen LogP contribution in [0.4, 0.5) is 5.69 Å². The maximum Gasteiger partial charge on any atom is 0.282 e. The molecule has 0 aromatic heterocycles. The van der Waals surface area contributed by atoms with Gasteiger partial charge in [0.25, 0.3) is 11.8 Å². The van der Waals surface area contributed by atoms with E-state index in [1.54, 1.807) is 54.6 Å². The van der Waals surface area contributed by atoms with E-state index in [9.17, 15) is 9.59 Å². The summed E-state index contributed by atoms with van der Waals surface area (Å²) in [5.41, 5.74) is 4.85. The summed E-state index contributed by atoms with van der Waals surface area (Å²) in [6, 6.07) is 23.6. The molecule has 1 heterocycles. The Morgan fingerprint density at radius 1 is 0.897 bits per heavy atom. The van der Waals surface area contributed by atoms with Gasteiger partial charge in [0.05, 0.1) is 5.69 Å². The van der Waals surface area contributed by atoms with Crippen LogP contribution in [0.5, 0.6) is 5.75 Å². The lowest BCUT2D eigenvalue weighted by Crippen LogP contribution is -2.35. The molecule has 3 aromatic rings. The molecule has 3 aromatic carbocycles. The van der Waals surface area contributed by atoms with E-state index in [0.717, 1.165) is 5.56 Å². The van der Waals surface area contributed by atoms with E-state index in [2.05, 4.69) is 5.43 Å². The lowest BCUT2D eigenvalue weighted by molar-refractivity contribution is -0.117. The number of halogens is 1. The van der Waals surface area contributed by atoms with Crippen LogP contribution < -0.4 is 15.2 Å². The molecule has 1 saturated heterocycles. The Hall–Kier alpha value is -3.57. The molecular weight excluding hydrogens is 388 g/mol. The summed E-state index contributed by atoms with van der Waals surface area (Å²) < 4.78 is 5.91. The first-order valence-electron chi connectivity index (χ1n) is 9.00. The van der Waals surface area contributed by atoms with Gasteiger partial charge in [-0.1, -0.05) is 60.1 Å². The predicted molar refractivity (Wildman–Crippen MR) is 112 cm³/mol. The van der Waals surface area contributed by atoms with E-state index in [-0.39, 0.29) is 5.57 Å². The van der Waals surface area contributed by atoms with Crippen molar-refractivity contribution in [3.8, 4) is 5.75 Å². The fraction of sp³-hybridized carbons (Fsp3) is 0.0435. The summed E-state index contributed by atoms with van der Waals surface area (Å²) in [6.07, 6.45) is 1.55. The second-order valence-corrected chi connectivity index (χ2v) is 6.86. The Morgan fingerprint density at radius 2 is 1.59 bits per heavy atom. The number of carbonyl (C=O) groups is 2. The molecule has 29 heavy (non-hydrogen) atoms. The van der Waals surface area contributed by atoms with Crippen LogP contribution in [0.2, 0.25) is 5.02 Å². The first-order chi connectivity index (χ1) is 14.1. The quantitative estimate of drug-likeness (QED) is 0.507. The first kappa shape index (κ1) is 18.8. The SMILES string of the molecule is O=C1NN(c2ccccc2)C(=O)/C1=C\c1ccccc1OCc1ccc(Cl)cc1. The molecule has 0 unspecified atom stereocenters. The van der Waals surface area contributed by atoms with Crippen molar-refractivity contribution in [2.45, 2.75) is 6.61 Å². The van der Waals surface area contributed by atoms with E-state index >= 15 is 0 Å². The Kier molecular flexibility index (Phi) is 5.31. The topological polar surface area (TPSA) is 58.6 Å². The number of rotatable bonds is 5. The molecule has 1 fully saturated rings. The molecule has 0 atom stereocenters. The fourth-order valence-corrected chi connectivity index (χ4v) is 3.07. The number of nitrogens with zero attached hydrogens (tertiary/aromatic N) is 1. The zero-order chi connectivity index (χ0) is 20.2. The second kappa shape index (κ2) is 8.20. The van der Waals surface area contributed by atoms with E-state index < -0.39 is 11.8 Å². The molecule has 1 N–H and O–H groups in total. The van der Waals surface area contributed by atoms with Crippen LogP contribution in [0.3, 0.4) is 0 Å². The summed E-state index contributed by atoms with van der Waals surface area (Å²) >= 11 is 5.91. The Morgan fingerprint density at radius 3 is 2.34 bits per heavy atom. The third-order valence-electron chi connectivity index (χ3n) is 4.43. The minimum Gasteiger partial charge on any atom is -0.488 e. The van der Waals surface area contributed by atoms with Crippen molar-refractivity contribution in [3.63, 3.8) is 0 Å². The van der Waals surface area contributed by atoms with Gasteiger partial charge in [-0.25, -0.2) is 5.01 Å². The van der Waals surface area contributed by atoms with Gasteiger partial charge in [-0.15, -0.1) is 0 Å². The Bertz CT molecular complexity index is 1080. The van der Waals surface area contributed by atoms with Crippen molar-refractivity contribution >= 4 is 35.2 Å². The van der Waals surface area contributed by atoms with Gasteiger partial charge in [0.15, 0.2) is 0 Å². The number of ether oxygens (including phenoxy) is 1. The summed E-state index contributed by atoms with van der Waals surface area (Å²) in [4.78, 5) is 25.2. The van der Waals surface area contributed by atoms with E-state index in [0.29, 0.717) is 28.6 Å². The summed E-state index contributed by atoms with van der Waals surface area (Å²) in [5.74, 6) is -0.284. The number of hydrazine groups is 1. The largest absolute Gasteiger partial charge is 0.488 e. The zero-order valence-electron chi connectivity index (χ0n) is 15.3. The molecule has 0 spiro atoms. The fourth-order valence-electron chi connectivity index (χ4n) is 2.94. The molecular formula is C23H17ClN2O3. The highest BCUT2D eigenvalue weighted by atomic mass is 35.5. The normalized spacial score (nSPS) is 14.9. The maximum atomic E-state index is 12.8. The molecule has 1 aliphatic heterocycles. The van der Waals surface area contributed by atoms with Crippen molar-refractivity contribution in [1.82, 2.24) is 5.43 Å². The van der Waals surface area contributed by atoms with Gasteiger partial charge in [0, 0.05) is 10.6 Å². The number of carbonyl (C=O) groups excluding carboxylic acids is 2. The number of para-hydroxylation sites is 2. The van der Waals surface area contributed by atoms with Gasteiger partial charge in [-0.2, -0.15) is 0 Å². The number of nitrogens with one attached hydrogen (secondary N) is 1. The average Bonchev–Trinajstić information content (AvgIpc) is 3.03. The summed E-state index contributed by atoms with van der Waals surface area (Å²) in [5, 5.41) is 1.90. The standard InChI is InChI=1S/C23H17ClN2O3/c24-18-12-10-16(11-13-18)15-29-21-9-5-4-6-17(21)14-20-22(27)25-26(23(20)28)19-7-2-1-3-8-19/h1-14H,15H2,(H,25,27)/b20-14-. The number of hydrogen-bond donors (Lipinski definition) is 1. The van der Waals surface area contributed by atoms with Crippen LogP contribution in [-0.2, 0) is 16.2 Å². The zero-order valence-corrected chi connectivity index (χ0v) is 16.1. The monoisotopic (exact) mass is 404 g/mol. The second-order valence-electron chi connectivity index (χ2n) is 6.43. The van der Waals surface area contributed by atoms with Crippen molar-refractivity contribution in [2.24, 2.45) is 0 Å². The van der Waals surface area contributed by atoms with Crippen molar-refractivity contribution < 1.29 is 14.3 Å². The van der Waals surface area contributed by atoms with Crippen LogP contribution in [0.1, 0.15) is 11.1 Å². The molecule has 0 bridgehead atoms. The Labute approximate surface area is 173 Å². The van der Waals surface area contributed by atoms with Gasteiger partial charge >= 0.3 is 0 Å². The van der Waals surface area contributed by atoms with Crippen molar-refractivity contribution in [1.29, 1.82) is 0 Å². The van der Waals surface area contributed by atoms with Crippen LogP contribution in [-0.4, -0.2) is 11.8 Å². The highest BCUT2D eigenvalue weighted by molar-refractivity contribution is 6.31. The molecule has 0 radical (unpaired) electrons. The Balaban J connectivity index is 1.57. The number of benzene rings is 3. The minimum atomic E-state index is -0.452. The summed E-state index contributed by atoms with van der Waals surface area (Å²) in [6.45, 7) is 0.341. The van der Waals surface area contributed by atoms with Crippen LogP contribution in [0, 0.1) is 0 Å². The van der Waals surface area contributed by atoms with E-state index in [4.69, 9.17) is 16.3 Å². The average molecular weight is 405 g/mol. The molecule has 6 heteroatoms. The predicted octanol–water partition coefficient (Wildman–Crippen LogP) is 4.38. The minimum absolute atomic E-state index is 0.0522. The third kappa shape index (κ3) is 4.15. The molecule has 5 nitrogen and oxygen atoms in total. The highest BCUT2D eigenvalue weighted by Crippen LogP contribution is 2.26. The molecule has 2 amide bonds. The third-order valence-corrected chi connectivity index (χ3v) is 4.68. The van der Waals surface area contributed by atoms with Gasteiger partial charge < -0.3 is 4.74 Å². The summed E-state index contributed by atoms with van der Waals surface area (Å²) in [7, 11) is 0. The first-order valence-corrected chi connectivity index (χ1v) is 9.38. The lowest BCUT2D eigenvalue weighted by atomic mass is 10.1. The molecule has 1 aliphatic rings. The molecule has 0 aliphatic carbocycles. The van der Waals surface area contributed by atoms with Gasteiger partial charge in [-0.3, -0.25) is 15.0 Å². The van der Waals surface area contributed by atoms with Gasteiger partial charge in [0.2, 0.25) is 0 Å². The van der Waals surface area contributed by atoms with Crippen LogP contribution in [0.15, 0.2) is 84.4 Å². The molecule has 0 saturated carbocycles. The van der Waals surface area contributed by atoms with E-state index in [1.807, 2.05) is 30.3 Å². The molecule has 4 rings (SSSR count). The number of anilines is 1. The maximum absolute atomic E-state index is 12.8. The van der Waals surface area contributed by atoms with E-state index in [1.165, 1.54) is 5.01 Å². The number of hydrogen-bond acceptors (Lipinski definition) is 3. The van der Waals surface area contributed by atoms with Crippen LogP contribution in [0.25, 0.3) is 6.08 Å². The lowest BCUT2D eigenvalue weighted by Gasteiger charge is -2.14. The smallest absolute Gasteiger partial charge is 0.282 e. The van der Waals surface area contributed by atoms with Crippen LogP contribution >= 0.6 is 11.6 Å². The van der Waals surface area contributed by atoms with Crippen molar-refractivity contribution in [3.05, 3.63) is 101 Å². The number of amides is 2. The molecule has 144 valence electrons. The van der Waals surface area contributed by atoms with Gasteiger partial charge in [0.1, 0.15) is 17.9 Å². The van der Waals surface area contributed by atoms with Gasteiger partial charge in [-0.05, 0) is 42.0 Å². The van der Waals surface area contributed by atoms with Crippen molar-refractivity contribution in [2.75, 3.05) is 5.01 Å².